The van der Waals surface area contributed by atoms with Crippen LogP contribution in [0.1, 0.15) is 29.8 Å². The van der Waals surface area contributed by atoms with Crippen molar-refractivity contribution in [1.82, 2.24) is 9.80 Å². The van der Waals surface area contributed by atoms with E-state index in [1.807, 2.05) is 32.2 Å². The van der Waals surface area contributed by atoms with Gasteiger partial charge in [-0.1, -0.05) is 61.5 Å². The van der Waals surface area contributed by atoms with Crippen LogP contribution >= 0.6 is 0 Å². The van der Waals surface area contributed by atoms with Gasteiger partial charge in [0.15, 0.2) is 0 Å². The van der Waals surface area contributed by atoms with E-state index >= 15 is 0 Å². The summed E-state index contributed by atoms with van der Waals surface area (Å²) in [6.45, 7) is 5.29. The molecule has 3 atom stereocenters. The molecule has 0 aliphatic carbocycles. The number of likely N-dealkylation sites (N-methyl/N-ethyl adjacent to an activating group) is 1. The minimum absolute atomic E-state index is 0.0535. The molecule has 1 aliphatic heterocycles. The van der Waals surface area contributed by atoms with Gasteiger partial charge in [-0.3, -0.25) is 14.4 Å². The first-order chi connectivity index (χ1) is 22.1. The number of rotatable bonds is 11. The highest BCUT2D eigenvalue weighted by atomic mass is 32.2. The number of nitrogens with zero attached hydrogens (tertiary/aromatic N) is 2. The number of nitrogens with one attached hydrogen (secondary N) is 1. The monoisotopic (exact) mass is 643 g/mol. The van der Waals surface area contributed by atoms with Crippen LogP contribution in [-0.2, 0) is 16.6 Å². The summed E-state index contributed by atoms with van der Waals surface area (Å²) in [7, 11) is -0.388. The van der Waals surface area contributed by atoms with Crippen molar-refractivity contribution in [2.45, 2.75) is 37.4 Å². The molecule has 0 spiro atoms. The van der Waals surface area contributed by atoms with Crippen LogP contribution in [-0.4, -0.2) is 75.2 Å². The third-order valence-electron chi connectivity index (χ3n) is 8.29. The molecule has 242 valence electrons. The Kier molecular flexibility index (Phi) is 10.3. The lowest BCUT2D eigenvalue weighted by atomic mass is 9.99. The Morgan fingerprint density at radius 2 is 1.67 bits per heavy atom. The number of hydrogen-bond acceptors (Lipinski definition) is 7. The van der Waals surface area contributed by atoms with E-state index in [0.29, 0.717) is 31.1 Å². The Bertz CT molecular complexity index is 1730. The molecule has 10 heteroatoms. The second-order valence-electron chi connectivity index (χ2n) is 11.9. The molecule has 9 nitrogen and oxygen atoms in total. The number of carbonyl (C=O) groups excluding carboxylic acids is 1. The Morgan fingerprint density at radius 1 is 1.00 bits per heavy atom. The van der Waals surface area contributed by atoms with Crippen molar-refractivity contribution in [3.8, 4) is 22.6 Å². The normalized spacial score (nSPS) is 17.4. The molecule has 0 fully saturated rings. The molecule has 0 aromatic heterocycles. The van der Waals surface area contributed by atoms with E-state index in [0.717, 1.165) is 5.56 Å². The lowest BCUT2D eigenvalue weighted by molar-refractivity contribution is 0.0341. The Hall–Kier alpha value is -4.38. The number of ether oxygens (including phenoxy) is 2. The SMILES string of the molecule is COc1ccc(S(=O)(=O)Nc2ccc3c(c2)C(=O)N([C@H](C)CO)C[C@H](C)[C@H](CN(C)Cc2ccc(-c4ccccc4)cc2)O3)cc1. The van der Waals surface area contributed by atoms with Crippen LogP contribution in [0.4, 0.5) is 5.69 Å². The highest BCUT2D eigenvalue weighted by Crippen LogP contribution is 2.32. The number of anilines is 1. The fourth-order valence-corrected chi connectivity index (χ4v) is 6.64. The van der Waals surface area contributed by atoms with Gasteiger partial charge in [-0.05, 0) is 73.1 Å². The fourth-order valence-electron chi connectivity index (χ4n) is 5.59. The minimum atomic E-state index is -3.93. The molecular formula is C36H41N3O6S. The molecule has 0 saturated carbocycles. The quantitative estimate of drug-likeness (QED) is 0.222. The zero-order valence-electron chi connectivity index (χ0n) is 26.6. The topological polar surface area (TPSA) is 108 Å². The van der Waals surface area contributed by atoms with Crippen LogP contribution in [0.25, 0.3) is 11.1 Å². The van der Waals surface area contributed by atoms with Gasteiger partial charge in [-0.25, -0.2) is 8.42 Å². The number of fused-ring (bicyclic) bond motifs is 1. The molecule has 46 heavy (non-hydrogen) atoms. The molecule has 4 aromatic carbocycles. The zero-order valence-corrected chi connectivity index (χ0v) is 27.4. The van der Waals surface area contributed by atoms with Crippen LogP contribution in [0, 0.1) is 5.92 Å². The summed E-state index contributed by atoms with van der Waals surface area (Å²) in [5.74, 6) is 0.516. The predicted molar refractivity (Wildman–Crippen MR) is 180 cm³/mol. The van der Waals surface area contributed by atoms with Gasteiger partial charge < -0.3 is 19.5 Å². The van der Waals surface area contributed by atoms with Crippen LogP contribution < -0.4 is 14.2 Å². The number of sulfonamides is 1. The van der Waals surface area contributed by atoms with E-state index in [4.69, 9.17) is 9.47 Å². The van der Waals surface area contributed by atoms with Gasteiger partial charge in [-0.2, -0.15) is 0 Å². The van der Waals surface area contributed by atoms with Gasteiger partial charge in [0.25, 0.3) is 15.9 Å². The third kappa shape index (κ3) is 7.70. The van der Waals surface area contributed by atoms with Crippen molar-refractivity contribution in [1.29, 1.82) is 0 Å². The van der Waals surface area contributed by atoms with E-state index in [9.17, 15) is 18.3 Å². The molecule has 0 bridgehead atoms. The molecule has 1 heterocycles. The fraction of sp³-hybridized carbons (Fsp3) is 0.306. The van der Waals surface area contributed by atoms with Crippen LogP contribution in [0.3, 0.4) is 0 Å². The molecule has 0 unspecified atom stereocenters. The summed E-state index contributed by atoms with van der Waals surface area (Å²) in [6.07, 6.45) is -0.282. The number of aliphatic hydroxyl groups is 1. The number of carbonyl (C=O) groups is 1. The molecule has 4 aromatic rings. The van der Waals surface area contributed by atoms with E-state index in [1.54, 1.807) is 36.1 Å². The van der Waals surface area contributed by atoms with Crippen LogP contribution in [0.15, 0.2) is 102 Å². The van der Waals surface area contributed by atoms with Gasteiger partial charge in [-0.15, -0.1) is 0 Å². The lowest BCUT2D eigenvalue weighted by Gasteiger charge is -2.38. The maximum absolute atomic E-state index is 13.8. The Morgan fingerprint density at radius 3 is 2.33 bits per heavy atom. The van der Waals surface area contributed by atoms with Crippen molar-refractivity contribution in [2.75, 3.05) is 38.6 Å². The smallest absolute Gasteiger partial charge is 0.261 e. The number of benzene rings is 4. The molecular weight excluding hydrogens is 602 g/mol. The average Bonchev–Trinajstić information content (AvgIpc) is 3.07. The average molecular weight is 644 g/mol. The highest BCUT2D eigenvalue weighted by molar-refractivity contribution is 7.92. The first-order valence-corrected chi connectivity index (χ1v) is 16.8. The summed E-state index contributed by atoms with van der Waals surface area (Å²) >= 11 is 0. The van der Waals surface area contributed by atoms with Crippen LogP contribution in [0.5, 0.6) is 11.5 Å². The maximum Gasteiger partial charge on any atom is 0.261 e. The largest absolute Gasteiger partial charge is 0.497 e. The second-order valence-corrected chi connectivity index (χ2v) is 13.6. The van der Waals surface area contributed by atoms with E-state index in [2.05, 4.69) is 46.0 Å². The Labute approximate surface area is 271 Å². The van der Waals surface area contributed by atoms with Gasteiger partial charge >= 0.3 is 0 Å². The Balaban J connectivity index is 1.36. The highest BCUT2D eigenvalue weighted by Gasteiger charge is 2.34. The molecule has 1 amide bonds. The van der Waals surface area contributed by atoms with Crippen molar-refractivity contribution in [3.63, 3.8) is 0 Å². The molecule has 1 aliphatic rings. The summed E-state index contributed by atoms with van der Waals surface area (Å²) < 4.78 is 40.5. The van der Waals surface area contributed by atoms with Crippen molar-refractivity contribution >= 4 is 21.6 Å². The maximum atomic E-state index is 13.8. The number of hydrogen-bond donors (Lipinski definition) is 2. The van der Waals surface area contributed by atoms with Gasteiger partial charge in [0.2, 0.25) is 0 Å². The van der Waals surface area contributed by atoms with Gasteiger partial charge in [0.05, 0.1) is 30.2 Å². The second kappa shape index (κ2) is 14.4. The molecule has 2 N–H and O–H groups in total. The minimum Gasteiger partial charge on any atom is -0.497 e. The first kappa shape index (κ1) is 33.0. The van der Waals surface area contributed by atoms with E-state index in [-0.39, 0.29) is 40.7 Å². The van der Waals surface area contributed by atoms with Crippen molar-refractivity contribution < 1.29 is 27.8 Å². The third-order valence-corrected chi connectivity index (χ3v) is 9.69. The lowest BCUT2D eigenvalue weighted by Crippen LogP contribution is -2.49. The summed E-state index contributed by atoms with van der Waals surface area (Å²) in [5.41, 5.74) is 3.95. The van der Waals surface area contributed by atoms with E-state index < -0.39 is 16.1 Å². The van der Waals surface area contributed by atoms with Crippen molar-refractivity contribution in [3.05, 3.63) is 108 Å². The number of amides is 1. The summed E-state index contributed by atoms with van der Waals surface area (Å²) in [6, 6.07) is 29.1. The standard InChI is InChI=1S/C36H41N3O6S/c1-25-21-39(26(2)24-40)36(41)33-20-30(37-46(42,43)32-17-15-31(44-4)16-18-32)14-19-34(33)45-35(25)23-38(3)22-27-10-12-29(13-11-27)28-8-6-5-7-9-28/h5-20,25-26,35,37,40H,21-24H2,1-4H3/t25-,26+,35-/m0/s1. The van der Waals surface area contributed by atoms with Gasteiger partial charge in [0.1, 0.15) is 17.6 Å². The van der Waals surface area contributed by atoms with Crippen molar-refractivity contribution in [2.24, 2.45) is 5.92 Å². The first-order valence-electron chi connectivity index (χ1n) is 15.3. The van der Waals surface area contributed by atoms with Crippen LogP contribution in [0.2, 0.25) is 0 Å². The number of methoxy groups -OCH3 is 1. The predicted octanol–water partition coefficient (Wildman–Crippen LogP) is 5.52. The van der Waals surface area contributed by atoms with Gasteiger partial charge in [0, 0.05) is 31.2 Å². The summed E-state index contributed by atoms with van der Waals surface area (Å²) in [5, 5.41) is 10.0. The molecule has 5 rings (SSSR count). The molecule has 0 radical (unpaired) electrons. The number of aliphatic hydroxyl groups excluding tert-OH is 1. The van der Waals surface area contributed by atoms with E-state index in [1.165, 1.54) is 36.4 Å². The zero-order chi connectivity index (χ0) is 32.8. The molecule has 0 saturated heterocycles. The summed E-state index contributed by atoms with van der Waals surface area (Å²) in [4.78, 5) is 17.7.